The first-order valence-electron chi connectivity index (χ1n) is 8.88. The molecule has 0 saturated heterocycles. The van der Waals surface area contributed by atoms with Crippen molar-refractivity contribution in [3.05, 3.63) is 0 Å². The van der Waals surface area contributed by atoms with Crippen LogP contribution in [-0.2, 0) is 0 Å². The van der Waals surface area contributed by atoms with Gasteiger partial charge in [0.05, 0.1) is 6.10 Å². The molecule has 4 aliphatic carbocycles. The molecule has 4 rings (SSSR count). The molecule has 0 heterocycles. The fourth-order valence-corrected chi connectivity index (χ4v) is 5.86. The van der Waals surface area contributed by atoms with Crippen molar-refractivity contribution in [3.8, 4) is 0 Å². The summed E-state index contributed by atoms with van der Waals surface area (Å²) in [6, 6.07) is 0.581. The minimum atomic E-state index is -0.175. The maximum atomic E-state index is 10.1. The zero-order valence-electron chi connectivity index (χ0n) is 13.6. The van der Waals surface area contributed by atoms with Crippen molar-refractivity contribution in [2.24, 2.45) is 29.1 Å². The predicted molar refractivity (Wildman–Crippen MR) is 83.5 cm³/mol. The van der Waals surface area contributed by atoms with E-state index in [9.17, 15) is 5.11 Å². The van der Waals surface area contributed by atoms with Gasteiger partial charge in [-0.3, -0.25) is 0 Å². The molecule has 4 aliphatic rings. The van der Waals surface area contributed by atoms with E-state index < -0.39 is 0 Å². The first kappa shape index (κ1) is 14.8. The summed E-state index contributed by atoms with van der Waals surface area (Å²) in [5.74, 6) is 3.64. The maximum absolute atomic E-state index is 10.1. The van der Waals surface area contributed by atoms with Crippen LogP contribution >= 0.6 is 0 Å². The summed E-state index contributed by atoms with van der Waals surface area (Å²) in [5.41, 5.74) is 0.562. The van der Waals surface area contributed by atoms with E-state index in [4.69, 9.17) is 0 Å². The third-order valence-corrected chi connectivity index (χ3v) is 6.41. The van der Waals surface area contributed by atoms with Gasteiger partial charge in [-0.1, -0.05) is 13.8 Å². The lowest BCUT2D eigenvalue weighted by atomic mass is 9.48. The molecular formula is C18H33NO. The van der Waals surface area contributed by atoms with Crippen molar-refractivity contribution < 1.29 is 5.11 Å². The van der Waals surface area contributed by atoms with E-state index >= 15 is 0 Å². The average molecular weight is 279 g/mol. The van der Waals surface area contributed by atoms with Crippen LogP contribution in [0, 0.1) is 29.1 Å². The molecule has 4 saturated carbocycles. The van der Waals surface area contributed by atoms with Crippen LogP contribution < -0.4 is 5.32 Å². The third kappa shape index (κ3) is 2.92. The van der Waals surface area contributed by atoms with Gasteiger partial charge in [-0.05, 0) is 81.0 Å². The van der Waals surface area contributed by atoms with Crippen molar-refractivity contribution in [2.45, 2.75) is 77.9 Å². The van der Waals surface area contributed by atoms with E-state index in [0.29, 0.717) is 17.4 Å². The Hall–Kier alpha value is -0.0800. The topological polar surface area (TPSA) is 32.3 Å². The maximum Gasteiger partial charge on any atom is 0.0667 e. The van der Waals surface area contributed by atoms with Gasteiger partial charge in [-0.15, -0.1) is 0 Å². The van der Waals surface area contributed by atoms with E-state index in [1.807, 2.05) is 0 Å². The van der Waals surface area contributed by atoms with Gasteiger partial charge in [0.1, 0.15) is 0 Å². The number of hydrogen-bond donors (Lipinski definition) is 2. The molecule has 116 valence electrons. The molecule has 0 aromatic carbocycles. The van der Waals surface area contributed by atoms with Crippen LogP contribution in [0.15, 0.2) is 0 Å². The quantitative estimate of drug-likeness (QED) is 0.779. The minimum absolute atomic E-state index is 0.175. The summed E-state index contributed by atoms with van der Waals surface area (Å²) in [5, 5.41) is 13.8. The Balaban J connectivity index is 1.55. The van der Waals surface area contributed by atoms with E-state index in [1.165, 1.54) is 38.5 Å². The Kier molecular flexibility index (Phi) is 4.16. The van der Waals surface area contributed by atoms with Crippen molar-refractivity contribution in [2.75, 3.05) is 6.54 Å². The lowest BCUT2D eigenvalue weighted by Gasteiger charge is -2.59. The highest BCUT2D eigenvalue weighted by molar-refractivity contribution is 5.05. The lowest BCUT2D eigenvalue weighted by Crippen LogP contribution is -2.55. The van der Waals surface area contributed by atoms with Crippen LogP contribution in [0.25, 0.3) is 0 Å². The second-order valence-corrected chi connectivity index (χ2v) is 8.69. The molecule has 2 nitrogen and oxygen atoms in total. The Morgan fingerprint density at radius 1 is 1.00 bits per heavy atom. The zero-order valence-corrected chi connectivity index (χ0v) is 13.6. The molecule has 4 bridgehead atoms. The molecule has 0 aromatic rings. The molecule has 2 N–H and O–H groups in total. The zero-order chi connectivity index (χ0) is 14.3. The van der Waals surface area contributed by atoms with Gasteiger partial charge in [-0.2, -0.15) is 0 Å². The van der Waals surface area contributed by atoms with Gasteiger partial charge >= 0.3 is 0 Å². The predicted octanol–water partition coefficient (Wildman–Crippen LogP) is 3.59. The number of aliphatic hydroxyl groups is 1. The molecule has 20 heavy (non-hydrogen) atoms. The largest absolute Gasteiger partial charge is 0.392 e. The van der Waals surface area contributed by atoms with Crippen LogP contribution in [0.4, 0.5) is 0 Å². The van der Waals surface area contributed by atoms with Crippen LogP contribution in [-0.4, -0.2) is 23.8 Å². The molecule has 4 fully saturated rings. The highest BCUT2D eigenvalue weighted by Crippen LogP contribution is 2.61. The Labute approximate surface area is 124 Å². The smallest absolute Gasteiger partial charge is 0.0667 e. The van der Waals surface area contributed by atoms with Gasteiger partial charge in [-0.25, -0.2) is 0 Å². The molecule has 2 atom stereocenters. The second kappa shape index (κ2) is 5.61. The molecule has 0 radical (unpaired) electrons. The summed E-state index contributed by atoms with van der Waals surface area (Å²) in [6.45, 7) is 7.54. The Morgan fingerprint density at radius 3 is 1.95 bits per heavy atom. The Bertz CT molecular complexity index is 303. The summed E-state index contributed by atoms with van der Waals surface area (Å²) >= 11 is 0. The standard InChI is InChI=1S/C18H33NO/c1-12(2)4-17(20)11-19-13(3)18-8-14-5-15(9-18)7-16(6-14)10-18/h12-17,19-20H,4-11H2,1-3H3. The number of rotatable bonds is 6. The summed E-state index contributed by atoms with van der Waals surface area (Å²) in [6.07, 6.45) is 9.65. The van der Waals surface area contributed by atoms with Gasteiger partial charge < -0.3 is 10.4 Å². The highest BCUT2D eigenvalue weighted by Gasteiger charge is 2.52. The fraction of sp³-hybridized carbons (Fsp3) is 1.00. The number of aliphatic hydroxyl groups excluding tert-OH is 1. The first-order valence-corrected chi connectivity index (χ1v) is 8.88. The van der Waals surface area contributed by atoms with Crippen LogP contribution in [0.1, 0.15) is 65.7 Å². The third-order valence-electron chi connectivity index (χ3n) is 6.41. The molecule has 2 heteroatoms. The lowest BCUT2D eigenvalue weighted by molar-refractivity contribution is -0.0717. The highest BCUT2D eigenvalue weighted by atomic mass is 16.3. The van der Waals surface area contributed by atoms with Gasteiger partial charge in [0.15, 0.2) is 0 Å². The summed E-state index contributed by atoms with van der Waals surface area (Å²) in [7, 11) is 0. The van der Waals surface area contributed by atoms with E-state index in [0.717, 1.165) is 30.7 Å². The van der Waals surface area contributed by atoms with Crippen molar-refractivity contribution in [1.82, 2.24) is 5.32 Å². The SMILES string of the molecule is CC(C)CC(O)CNC(C)C12CC3CC(CC(C3)C1)C2. The molecule has 0 aromatic heterocycles. The van der Waals surface area contributed by atoms with E-state index in [1.54, 1.807) is 0 Å². The first-order chi connectivity index (χ1) is 9.47. The van der Waals surface area contributed by atoms with Crippen molar-refractivity contribution >= 4 is 0 Å². The number of hydrogen-bond acceptors (Lipinski definition) is 2. The summed E-state index contributed by atoms with van der Waals surface area (Å²) in [4.78, 5) is 0. The molecule has 0 spiro atoms. The monoisotopic (exact) mass is 279 g/mol. The normalized spacial score (nSPS) is 42.1. The van der Waals surface area contributed by atoms with Crippen molar-refractivity contribution in [3.63, 3.8) is 0 Å². The van der Waals surface area contributed by atoms with E-state index in [2.05, 4.69) is 26.1 Å². The second-order valence-electron chi connectivity index (χ2n) is 8.69. The van der Waals surface area contributed by atoms with Gasteiger partial charge in [0.25, 0.3) is 0 Å². The van der Waals surface area contributed by atoms with Crippen LogP contribution in [0.2, 0.25) is 0 Å². The van der Waals surface area contributed by atoms with Crippen molar-refractivity contribution in [1.29, 1.82) is 0 Å². The van der Waals surface area contributed by atoms with E-state index in [-0.39, 0.29) is 6.10 Å². The molecule has 2 unspecified atom stereocenters. The van der Waals surface area contributed by atoms with Gasteiger partial charge in [0, 0.05) is 12.6 Å². The Morgan fingerprint density at radius 2 is 1.50 bits per heavy atom. The van der Waals surface area contributed by atoms with Crippen LogP contribution in [0.5, 0.6) is 0 Å². The molecule has 0 amide bonds. The number of nitrogens with one attached hydrogen (secondary N) is 1. The molecule has 0 aliphatic heterocycles. The summed E-state index contributed by atoms with van der Waals surface area (Å²) < 4.78 is 0. The van der Waals surface area contributed by atoms with Gasteiger partial charge in [0.2, 0.25) is 0 Å². The fourth-order valence-electron chi connectivity index (χ4n) is 5.86. The average Bonchev–Trinajstić information content (AvgIpc) is 2.33. The molecular weight excluding hydrogens is 246 g/mol. The van der Waals surface area contributed by atoms with Crippen LogP contribution in [0.3, 0.4) is 0 Å². The minimum Gasteiger partial charge on any atom is -0.392 e.